The average Bonchev–Trinajstić information content (AvgIpc) is 2.87. The summed E-state index contributed by atoms with van der Waals surface area (Å²) in [5, 5.41) is 3.46. The van der Waals surface area contributed by atoms with Crippen LogP contribution in [0.25, 0.3) is 11.0 Å². The molecule has 0 unspecified atom stereocenters. The van der Waals surface area contributed by atoms with Crippen LogP contribution in [0.1, 0.15) is 12.0 Å². The molecule has 9 nitrogen and oxygen atoms in total. The predicted molar refractivity (Wildman–Crippen MR) is 121 cm³/mol. The Morgan fingerprint density at radius 2 is 1.91 bits per heavy atom. The van der Waals surface area contributed by atoms with Crippen molar-refractivity contribution in [3.05, 3.63) is 58.5 Å². The lowest BCUT2D eigenvalue weighted by Crippen LogP contribution is -2.44. The topological polar surface area (TPSA) is 93.1 Å². The smallest absolute Gasteiger partial charge is 0.269 e. The van der Waals surface area contributed by atoms with Gasteiger partial charge in [-0.3, -0.25) is 4.79 Å². The number of nitrogens with one attached hydrogen (secondary N) is 1. The van der Waals surface area contributed by atoms with Crippen LogP contribution in [0.15, 0.2) is 47.4 Å². The van der Waals surface area contributed by atoms with E-state index in [0.717, 1.165) is 28.1 Å². The highest BCUT2D eigenvalue weighted by atomic mass is 16.7. The first-order chi connectivity index (χ1) is 16.2. The second kappa shape index (κ2) is 9.78. The second-order valence-electron chi connectivity index (χ2n) is 8.04. The number of fused-ring (bicyclic) bond motifs is 2. The number of methoxy groups -OCH3 is 1. The van der Waals surface area contributed by atoms with Crippen molar-refractivity contribution in [3.8, 4) is 17.2 Å². The van der Waals surface area contributed by atoms with Crippen molar-refractivity contribution < 1.29 is 23.7 Å². The van der Waals surface area contributed by atoms with Crippen LogP contribution in [0.3, 0.4) is 0 Å². The van der Waals surface area contributed by atoms with Gasteiger partial charge in [0, 0.05) is 25.6 Å². The zero-order chi connectivity index (χ0) is 22.6. The summed E-state index contributed by atoms with van der Waals surface area (Å²) in [6.07, 6.45) is 1.54. The molecule has 1 aromatic heterocycles. The molecule has 0 saturated carbocycles. The van der Waals surface area contributed by atoms with E-state index in [1.807, 2.05) is 36.4 Å². The number of hydrogen-bond donors (Lipinski definition) is 1. The minimum absolute atomic E-state index is 0.0863. The van der Waals surface area contributed by atoms with Gasteiger partial charge in [0.25, 0.3) is 5.56 Å². The van der Waals surface area contributed by atoms with E-state index < -0.39 is 0 Å². The van der Waals surface area contributed by atoms with Gasteiger partial charge in [-0.15, -0.1) is 0 Å². The molecule has 0 amide bonds. The van der Waals surface area contributed by atoms with E-state index in [2.05, 4.69) is 10.3 Å². The Morgan fingerprint density at radius 3 is 2.73 bits per heavy atom. The Bertz CT molecular complexity index is 1170. The maximum Gasteiger partial charge on any atom is 0.269 e. The molecule has 1 N–H and O–H groups in total. The molecular formula is C24H27N3O6. The molecule has 1 saturated heterocycles. The maximum atomic E-state index is 12.4. The number of aromatic nitrogens is 2. The average molecular weight is 453 g/mol. The van der Waals surface area contributed by atoms with E-state index in [1.165, 1.54) is 6.20 Å². The molecule has 5 rings (SSSR count). The third kappa shape index (κ3) is 4.95. The van der Waals surface area contributed by atoms with E-state index >= 15 is 0 Å². The normalized spacial score (nSPS) is 20.0. The van der Waals surface area contributed by atoms with E-state index in [-0.39, 0.29) is 17.9 Å². The summed E-state index contributed by atoms with van der Waals surface area (Å²) < 4.78 is 30.0. The monoisotopic (exact) mass is 453 g/mol. The van der Waals surface area contributed by atoms with E-state index in [4.69, 9.17) is 23.7 Å². The molecule has 0 bridgehead atoms. The zero-order valence-corrected chi connectivity index (χ0v) is 18.5. The Kier molecular flexibility index (Phi) is 6.43. The Hall–Kier alpha value is -3.14. The Labute approximate surface area is 191 Å². The second-order valence-corrected chi connectivity index (χ2v) is 8.04. The highest BCUT2D eigenvalue weighted by Gasteiger charge is 2.22. The SMILES string of the molecule is COc1ccc2ncc(=O)n(CCC3OCC(NCc4ccc5c(c4)OCCO5)CO3)c2c1. The first-order valence-electron chi connectivity index (χ1n) is 11.1. The molecule has 2 aliphatic rings. The zero-order valence-electron chi connectivity index (χ0n) is 18.5. The number of rotatable bonds is 7. The summed E-state index contributed by atoms with van der Waals surface area (Å²) >= 11 is 0. The van der Waals surface area contributed by atoms with E-state index in [0.29, 0.717) is 51.7 Å². The first kappa shape index (κ1) is 21.7. The standard InChI is InChI=1S/C24H27N3O6/c1-29-18-3-4-19-20(11-18)27(23(28)13-26-19)7-6-24-32-14-17(15-33-24)25-12-16-2-5-21-22(10-16)31-9-8-30-21/h2-5,10-11,13,17,24-25H,6-9,12,14-15H2,1H3. The van der Waals surface area contributed by atoms with Gasteiger partial charge in [0.1, 0.15) is 19.0 Å². The van der Waals surface area contributed by atoms with Crippen LogP contribution in [0.2, 0.25) is 0 Å². The number of nitrogens with zero attached hydrogens (tertiary/aromatic N) is 2. The van der Waals surface area contributed by atoms with Crippen LogP contribution >= 0.6 is 0 Å². The molecule has 9 heteroatoms. The van der Waals surface area contributed by atoms with Crippen LogP contribution in [0.5, 0.6) is 17.2 Å². The molecule has 0 aliphatic carbocycles. The van der Waals surface area contributed by atoms with Gasteiger partial charge in [0.15, 0.2) is 17.8 Å². The molecule has 0 spiro atoms. The van der Waals surface area contributed by atoms with Crippen molar-refractivity contribution in [1.82, 2.24) is 14.9 Å². The third-order valence-corrected chi connectivity index (χ3v) is 5.81. The van der Waals surface area contributed by atoms with Gasteiger partial charge in [-0.05, 0) is 29.8 Å². The highest BCUT2D eigenvalue weighted by Crippen LogP contribution is 2.30. The quantitative estimate of drug-likeness (QED) is 0.582. The predicted octanol–water partition coefficient (Wildman–Crippen LogP) is 2.10. The molecule has 174 valence electrons. The minimum atomic E-state index is -0.363. The Morgan fingerprint density at radius 1 is 1.09 bits per heavy atom. The lowest BCUT2D eigenvalue weighted by Gasteiger charge is -2.30. The minimum Gasteiger partial charge on any atom is -0.497 e. The molecule has 3 aromatic rings. The Balaban J connectivity index is 1.13. The van der Waals surface area contributed by atoms with E-state index in [9.17, 15) is 4.79 Å². The molecule has 0 radical (unpaired) electrons. The van der Waals surface area contributed by atoms with Crippen molar-refractivity contribution in [2.24, 2.45) is 0 Å². The summed E-state index contributed by atoms with van der Waals surface area (Å²) in [7, 11) is 1.60. The fourth-order valence-corrected chi connectivity index (χ4v) is 4.02. The molecule has 0 atom stereocenters. The largest absolute Gasteiger partial charge is 0.497 e. The van der Waals surface area contributed by atoms with Crippen LogP contribution < -0.4 is 25.1 Å². The number of hydrogen-bond acceptors (Lipinski definition) is 8. The lowest BCUT2D eigenvalue weighted by molar-refractivity contribution is -0.193. The highest BCUT2D eigenvalue weighted by molar-refractivity contribution is 5.76. The van der Waals surface area contributed by atoms with Crippen molar-refractivity contribution >= 4 is 11.0 Å². The summed E-state index contributed by atoms with van der Waals surface area (Å²) in [5.74, 6) is 2.26. The summed E-state index contributed by atoms with van der Waals surface area (Å²) in [5.41, 5.74) is 2.42. The molecule has 2 aliphatic heterocycles. The fraction of sp³-hybridized carbons (Fsp3) is 0.417. The van der Waals surface area contributed by atoms with Gasteiger partial charge >= 0.3 is 0 Å². The van der Waals surface area contributed by atoms with Crippen molar-refractivity contribution in [2.45, 2.75) is 31.8 Å². The van der Waals surface area contributed by atoms with Crippen LogP contribution in [0.4, 0.5) is 0 Å². The lowest BCUT2D eigenvalue weighted by atomic mass is 10.1. The van der Waals surface area contributed by atoms with E-state index in [1.54, 1.807) is 11.7 Å². The number of benzene rings is 2. The molecule has 33 heavy (non-hydrogen) atoms. The first-order valence-corrected chi connectivity index (χ1v) is 11.1. The van der Waals surface area contributed by atoms with Gasteiger partial charge < -0.3 is 33.6 Å². The summed E-state index contributed by atoms with van der Waals surface area (Å²) in [6, 6.07) is 11.5. The summed E-state index contributed by atoms with van der Waals surface area (Å²) in [4.78, 5) is 16.6. The van der Waals surface area contributed by atoms with Gasteiger partial charge in [0.2, 0.25) is 0 Å². The number of aryl methyl sites for hydroxylation is 1. The van der Waals surface area contributed by atoms with Crippen LogP contribution in [-0.2, 0) is 22.6 Å². The van der Waals surface area contributed by atoms with Crippen molar-refractivity contribution in [3.63, 3.8) is 0 Å². The molecule has 1 fully saturated rings. The van der Waals surface area contributed by atoms with Gasteiger partial charge in [-0.25, -0.2) is 4.98 Å². The van der Waals surface area contributed by atoms with Gasteiger partial charge in [-0.1, -0.05) is 6.07 Å². The van der Waals surface area contributed by atoms with Crippen molar-refractivity contribution in [2.75, 3.05) is 33.5 Å². The van der Waals surface area contributed by atoms with Gasteiger partial charge in [-0.2, -0.15) is 0 Å². The maximum absolute atomic E-state index is 12.4. The number of ether oxygens (including phenoxy) is 5. The third-order valence-electron chi connectivity index (χ3n) is 5.81. The van der Waals surface area contributed by atoms with Crippen LogP contribution in [-0.4, -0.2) is 55.4 Å². The van der Waals surface area contributed by atoms with Crippen molar-refractivity contribution in [1.29, 1.82) is 0 Å². The van der Waals surface area contributed by atoms with Crippen LogP contribution in [0, 0.1) is 0 Å². The molecule has 2 aromatic carbocycles. The molecule has 3 heterocycles. The molecular weight excluding hydrogens is 426 g/mol. The van der Waals surface area contributed by atoms with Gasteiger partial charge in [0.05, 0.1) is 43.6 Å². The fourth-order valence-electron chi connectivity index (χ4n) is 4.02. The summed E-state index contributed by atoms with van der Waals surface area (Å²) in [6.45, 7) is 3.38.